The van der Waals surface area contributed by atoms with Crippen molar-refractivity contribution in [2.24, 2.45) is 0 Å². The van der Waals surface area contributed by atoms with E-state index in [1.165, 1.54) is 55.3 Å². The second-order valence-corrected chi connectivity index (χ2v) is 11.2. The predicted molar refractivity (Wildman–Crippen MR) is 186 cm³/mol. The van der Waals surface area contributed by atoms with Crippen LogP contribution in [0.3, 0.4) is 0 Å². The summed E-state index contributed by atoms with van der Waals surface area (Å²) in [5, 5.41) is 3.67. The van der Waals surface area contributed by atoms with Gasteiger partial charge in [0.1, 0.15) is 0 Å². The molecule has 0 aliphatic carbocycles. The zero-order chi connectivity index (χ0) is 29.3. The van der Waals surface area contributed by atoms with E-state index in [9.17, 15) is 0 Å². The summed E-state index contributed by atoms with van der Waals surface area (Å²) in [6, 6.07) is 63.0. The molecule has 0 spiro atoms. The zero-order valence-electron chi connectivity index (χ0n) is 24.2. The number of hydrogen-bond acceptors (Lipinski definition) is 1. The normalized spacial score (nSPS) is 11.2. The zero-order valence-corrected chi connectivity index (χ0v) is 24.2. The van der Waals surface area contributed by atoms with Gasteiger partial charge in [0.05, 0.1) is 11.2 Å². The highest BCUT2D eigenvalue weighted by molar-refractivity contribution is 5.98. The average molecular weight is 560 g/mol. The van der Waals surface area contributed by atoms with Crippen molar-refractivity contribution in [3.8, 4) is 55.8 Å². The Hall–Kier alpha value is -5.79. The lowest BCUT2D eigenvalue weighted by Gasteiger charge is -2.14. The van der Waals surface area contributed by atoms with Crippen molar-refractivity contribution >= 4 is 21.7 Å². The second-order valence-electron chi connectivity index (χ2n) is 11.2. The van der Waals surface area contributed by atoms with E-state index in [4.69, 9.17) is 4.98 Å². The van der Waals surface area contributed by atoms with E-state index in [1.54, 1.807) is 0 Å². The lowest BCUT2D eigenvalue weighted by atomic mass is 9.90. The van der Waals surface area contributed by atoms with Crippen LogP contribution >= 0.6 is 0 Å². The Morgan fingerprint density at radius 1 is 0.295 bits per heavy atom. The van der Waals surface area contributed by atoms with Gasteiger partial charge >= 0.3 is 0 Å². The van der Waals surface area contributed by atoms with Gasteiger partial charge in [0.15, 0.2) is 0 Å². The van der Waals surface area contributed by atoms with Crippen LogP contribution in [0.1, 0.15) is 0 Å². The Kier molecular flexibility index (Phi) is 6.55. The third-order valence-electron chi connectivity index (χ3n) is 8.43. The smallest absolute Gasteiger partial charge is 0.0709 e. The first kappa shape index (κ1) is 25.9. The maximum atomic E-state index is 4.94. The first-order chi connectivity index (χ1) is 21.8. The molecule has 206 valence electrons. The van der Waals surface area contributed by atoms with E-state index in [-0.39, 0.29) is 0 Å². The molecular weight excluding hydrogens is 530 g/mol. The summed E-state index contributed by atoms with van der Waals surface area (Å²) < 4.78 is 0. The molecule has 7 aromatic carbocycles. The Labute approximate surface area is 257 Å². The molecule has 0 saturated carbocycles. The topological polar surface area (TPSA) is 12.9 Å². The number of pyridine rings is 1. The lowest BCUT2D eigenvalue weighted by molar-refractivity contribution is 1.40. The molecule has 0 aliphatic heterocycles. The first-order valence-electron chi connectivity index (χ1n) is 15.0. The number of nitrogens with zero attached hydrogens (tertiary/aromatic N) is 1. The third kappa shape index (κ3) is 4.95. The van der Waals surface area contributed by atoms with Crippen molar-refractivity contribution < 1.29 is 0 Å². The van der Waals surface area contributed by atoms with Crippen molar-refractivity contribution in [2.45, 2.75) is 0 Å². The number of rotatable bonds is 5. The third-order valence-corrected chi connectivity index (χ3v) is 8.43. The van der Waals surface area contributed by atoms with Crippen molar-refractivity contribution in [1.29, 1.82) is 0 Å². The van der Waals surface area contributed by atoms with Crippen molar-refractivity contribution in [3.05, 3.63) is 176 Å². The van der Waals surface area contributed by atoms with Crippen molar-refractivity contribution in [2.75, 3.05) is 0 Å². The summed E-state index contributed by atoms with van der Waals surface area (Å²) in [6.45, 7) is 0. The molecule has 1 heterocycles. The fourth-order valence-corrected chi connectivity index (χ4v) is 6.19. The summed E-state index contributed by atoms with van der Waals surface area (Å²) in [5.74, 6) is 0. The van der Waals surface area contributed by atoms with Gasteiger partial charge in [0, 0.05) is 10.9 Å². The standard InChI is InChI=1S/C43H29N/c1-2-11-30(12-3-1)37-27-38(29-39(28-37)41-21-10-15-31-13-4-6-20-40(31)41)35-18-8-16-33(25-35)34-17-9-19-36(26-34)43-24-23-32-14-5-7-22-42(32)44-43/h1-29H. The van der Waals surface area contributed by atoms with Crippen molar-refractivity contribution in [3.63, 3.8) is 0 Å². The largest absolute Gasteiger partial charge is 0.248 e. The molecule has 8 aromatic rings. The van der Waals surface area contributed by atoms with E-state index in [1.807, 2.05) is 6.07 Å². The van der Waals surface area contributed by atoms with Gasteiger partial charge in [-0.25, -0.2) is 4.98 Å². The van der Waals surface area contributed by atoms with Crippen LogP contribution in [0.4, 0.5) is 0 Å². The monoisotopic (exact) mass is 559 g/mol. The van der Waals surface area contributed by atoms with E-state index in [0.717, 1.165) is 22.2 Å². The summed E-state index contributed by atoms with van der Waals surface area (Å²) in [6.07, 6.45) is 0. The molecule has 1 nitrogen and oxygen atoms in total. The number of fused-ring (bicyclic) bond motifs is 2. The Bertz CT molecular complexity index is 2280. The Morgan fingerprint density at radius 2 is 0.818 bits per heavy atom. The van der Waals surface area contributed by atoms with Crippen LogP contribution < -0.4 is 0 Å². The van der Waals surface area contributed by atoms with E-state index in [2.05, 4.69) is 170 Å². The van der Waals surface area contributed by atoms with Gasteiger partial charge in [0.25, 0.3) is 0 Å². The summed E-state index contributed by atoms with van der Waals surface area (Å²) in [4.78, 5) is 4.94. The average Bonchev–Trinajstić information content (AvgIpc) is 3.11. The summed E-state index contributed by atoms with van der Waals surface area (Å²) in [5.41, 5.74) is 12.7. The van der Waals surface area contributed by atoms with E-state index >= 15 is 0 Å². The first-order valence-corrected chi connectivity index (χ1v) is 15.0. The van der Waals surface area contributed by atoms with Crippen LogP contribution in [-0.2, 0) is 0 Å². The maximum Gasteiger partial charge on any atom is 0.0709 e. The molecule has 0 amide bonds. The van der Waals surface area contributed by atoms with Crippen LogP contribution in [0.2, 0.25) is 0 Å². The predicted octanol–water partition coefficient (Wildman–Crippen LogP) is 11.7. The molecular formula is C43H29N. The molecule has 44 heavy (non-hydrogen) atoms. The van der Waals surface area contributed by atoms with E-state index in [0.29, 0.717) is 0 Å². The highest BCUT2D eigenvalue weighted by Gasteiger charge is 2.11. The summed E-state index contributed by atoms with van der Waals surface area (Å²) in [7, 11) is 0. The molecule has 1 aromatic heterocycles. The molecule has 0 aliphatic rings. The molecule has 0 unspecified atom stereocenters. The molecule has 0 fully saturated rings. The quantitative estimate of drug-likeness (QED) is 0.204. The lowest BCUT2D eigenvalue weighted by Crippen LogP contribution is -1.89. The Balaban J connectivity index is 1.24. The fraction of sp³-hybridized carbons (Fsp3) is 0. The number of hydrogen-bond donors (Lipinski definition) is 0. The SMILES string of the molecule is c1ccc(-c2cc(-c3cccc(-c4cccc(-c5ccc6ccccc6n5)c4)c3)cc(-c3cccc4ccccc34)c2)cc1. The molecule has 0 atom stereocenters. The number of benzene rings is 7. The van der Waals surface area contributed by atoms with Gasteiger partial charge in [-0.3, -0.25) is 0 Å². The molecule has 0 N–H and O–H groups in total. The van der Waals surface area contributed by atoms with Crippen LogP contribution in [0, 0.1) is 0 Å². The molecule has 0 bridgehead atoms. The van der Waals surface area contributed by atoms with Gasteiger partial charge < -0.3 is 0 Å². The minimum atomic E-state index is 0.983. The van der Waals surface area contributed by atoms with Crippen LogP contribution in [0.5, 0.6) is 0 Å². The minimum Gasteiger partial charge on any atom is -0.248 e. The van der Waals surface area contributed by atoms with Crippen LogP contribution in [-0.4, -0.2) is 4.98 Å². The molecule has 1 heteroatoms. The van der Waals surface area contributed by atoms with Gasteiger partial charge in [-0.05, 0) is 97.7 Å². The molecule has 8 rings (SSSR count). The Morgan fingerprint density at radius 3 is 1.64 bits per heavy atom. The maximum absolute atomic E-state index is 4.94. The fourth-order valence-electron chi connectivity index (χ4n) is 6.19. The highest BCUT2D eigenvalue weighted by Crippen LogP contribution is 2.37. The van der Waals surface area contributed by atoms with Gasteiger partial charge in [-0.15, -0.1) is 0 Å². The summed E-state index contributed by atoms with van der Waals surface area (Å²) >= 11 is 0. The van der Waals surface area contributed by atoms with Crippen molar-refractivity contribution in [1.82, 2.24) is 4.98 Å². The minimum absolute atomic E-state index is 0.983. The number of para-hydroxylation sites is 1. The van der Waals surface area contributed by atoms with Crippen LogP contribution in [0.15, 0.2) is 176 Å². The van der Waals surface area contributed by atoms with Crippen LogP contribution in [0.25, 0.3) is 77.4 Å². The second kappa shape index (κ2) is 11.1. The van der Waals surface area contributed by atoms with E-state index < -0.39 is 0 Å². The van der Waals surface area contributed by atoms with Gasteiger partial charge in [0.2, 0.25) is 0 Å². The number of aromatic nitrogens is 1. The van der Waals surface area contributed by atoms with Gasteiger partial charge in [-0.2, -0.15) is 0 Å². The molecule has 0 radical (unpaired) electrons. The highest BCUT2D eigenvalue weighted by atomic mass is 14.7. The molecule has 0 saturated heterocycles. The van der Waals surface area contributed by atoms with Gasteiger partial charge in [-0.1, -0.05) is 133 Å².